The van der Waals surface area contributed by atoms with E-state index in [1.165, 1.54) is 13.2 Å². The van der Waals surface area contributed by atoms with Crippen LogP contribution < -0.4 is 4.74 Å². The highest BCUT2D eigenvalue weighted by Crippen LogP contribution is 2.35. The van der Waals surface area contributed by atoms with E-state index >= 15 is 0 Å². The third kappa shape index (κ3) is 4.21. The van der Waals surface area contributed by atoms with Gasteiger partial charge in [0.2, 0.25) is 0 Å². The molecule has 28 heavy (non-hydrogen) atoms. The van der Waals surface area contributed by atoms with Crippen LogP contribution in [0.1, 0.15) is 38.0 Å². The van der Waals surface area contributed by atoms with Gasteiger partial charge < -0.3 is 19.1 Å². The molecule has 0 N–H and O–H groups in total. The van der Waals surface area contributed by atoms with Crippen LogP contribution in [0.3, 0.4) is 0 Å². The van der Waals surface area contributed by atoms with E-state index in [2.05, 4.69) is 4.90 Å². The van der Waals surface area contributed by atoms with Gasteiger partial charge in [-0.15, -0.1) is 0 Å². The van der Waals surface area contributed by atoms with Gasteiger partial charge in [0, 0.05) is 31.7 Å². The van der Waals surface area contributed by atoms with E-state index in [1.807, 2.05) is 26.8 Å². The molecular formula is C20H26FN3O4. The van der Waals surface area contributed by atoms with E-state index in [4.69, 9.17) is 14.2 Å². The maximum atomic E-state index is 13.9. The van der Waals surface area contributed by atoms with Crippen molar-refractivity contribution in [1.82, 2.24) is 9.80 Å². The molecule has 0 saturated carbocycles. The summed E-state index contributed by atoms with van der Waals surface area (Å²) in [5, 5.41) is 9.23. The Morgan fingerprint density at radius 2 is 2.07 bits per heavy atom. The molecule has 0 bridgehead atoms. The van der Waals surface area contributed by atoms with Crippen molar-refractivity contribution in [3.63, 3.8) is 0 Å². The number of morpholine rings is 1. The highest BCUT2D eigenvalue weighted by molar-refractivity contribution is 5.68. The number of piperazine rings is 1. The molecule has 2 aliphatic rings. The summed E-state index contributed by atoms with van der Waals surface area (Å²) < 4.78 is 30.7. The number of carbonyl (C=O) groups is 1. The molecule has 2 fully saturated rings. The van der Waals surface area contributed by atoms with Crippen molar-refractivity contribution in [2.24, 2.45) is 0 Å². The fourth-order valence-corrected chi connectivity index (χ4v) is 3.62. The molecule has 0 unspecified atom stereocenters. The summed E-state index contributed by atoms with van der Waals surface area (Å²) in [7, 11) is 1.42. The highest BCUT2D eigenvalue weighted by atomic mass is 19.1. The van der Waals surface area contributed by atoms with Crippen LogP contribution in [0.25, 0.3) is 0 Å². The molecule has 2 aliphatic heterocycles. The normalized spacial score (nSPS) is 22.9. The molecule has 2 saturated heterocycles. The van der Waals surface area contributed by atoms with Gasteiger partial charge in [0.25, 0.3) is 0 Å². The number of halogens is 1. The fourth-order valence-electron chi connectivity index (χ4n) is 3.62. The Hall–Kier alpha value is -2.37. The molecule has 0 aliphatic carbocycles. The lowest BCUT2D eigenvalue weighted by molar-refractivity contribution is -0.0911. The summed E-state index contributed by atoms with van der Waals surface area (Å²) >= 11 is 0. The topological polar surface area (TPSA) is 75.0 Å². The molecule has 0 aromatic heterocycles. The van der Waals surface area contributed by atoms with Crippen molar-refractivity contribution < 1.29 is 23.4 Å². The van der Waals surface area contributed by atoms with Crippen LogP contribution in [-0.4, -0.2) is 67.4 Å². The number of carbonyl (C=O) groups excluding carboxylic acids is 1. The van der Waals surface area contributed by atoms with Crippen molar-refractivity contribution in [2.45, 2.75) is 38.5 Å². The summed E-state index contributed by atoms with van der Waals surface area (Å²) in [6.07, 6.45) is -0.639. The lowest BCUT2D eigenvalue weighted by Crippen LogP contribution is -2.60. The molecule has 7 nitrogen and oxygen atoms in total. The summed E-state index contributed by atoms with van der Waals surface area (Å²) in [6.45, 7) is 8.35. The van der Waals surface area contributed by atoms with Crippen LogP contribution in [0.4, 0.5) is 9.18 Å². The predicted octanol–water partition coefficient (Wildman–Crippen LogP) is 2.70. The third-order valence-electron chi connectivity index (χ3n) is 4.95. The van der Waals surface area contributed by atoms with Crippen molar-refractivity contribution in [1.29, 1.82) is 5.26 Å². The molecular weight excluding hydrogens is 365 g/mol. The number of nitrogens with zero attached hydrogens (tertiary/aromatic N) is 3. The van der Waals surface area contributed by atoms with Crippen molar-refractivity contribution >= 4 is 6.09 Å². The van der Waals surface area contributed by atoms with Crippen LogP contribution in [0.15, 0.2) is 12.1 Å². The second kappa shape index (κ2) is 7.94. The lowest BCUT2D eigenvalue weighted by Gasteiger charge is -2.46. The van der Waals surface area contributed by atoms with Gasteiger partial charge in [0.1, 0.15) is 28.8 Å². The quantitative estimate of drug-likeness (QED) is 0.772. The van der Waals surface area contributed by atoms with Gasteiger partial charge in [-0.25, -0.2) is 9.18 Å². The first-order chi connectivity index (χ1) is 13.2. The maximum absolute atomic E-state index is 13.9. The largest absolute Gasteiger partial charge is 0.495 e. The zero-order valence-electron chi connectivity index (χ0n) is 16.7. The van der Waals surface area contributed by atoms with E-state index in [0.717, 1.165) is 0 Å². The van der Waals surface area contributed by atoms with Gasteiger partial charge in [-0.1, -0.05) is 0 Å². The molecule has 152 valence electrons. The third-order valence-corrected chi connectivity index (χ3v) is 4.95. The van der Waals surface area contributed by atoms with Gasteiger partial charge >= 0.3 is 6.09 Å². The van der Waals surface area contributed by atoms with E-state index < -0.39 is 11.4 Å². The Bertz CT molecular complexity index is 787. The van der Waals surface area contributed by atoms with Gasteiger partial charge in [0.05, 0.1) is 25.9 Å². The maximum Gasteiger partial charge on any atom is 0.410 e. The molecule has 1 aromatic carbocycles. The minimum atomic E-state index is -0.609. The highest BCUT2D eigenvalue weighted by Gasteiger charge is 2.37. The number of benzene rings is 1. The molecule has 1 aromatic rings. The molecule has 3 rings (SSSR count). The molecule has 2 atom stereocenters. The zero-order chi connectivity index (χ0) is 20.5. The minimum absolute atomic E-state index is 0.0689. The summed E-state index contributed by atoms with van der Waals surface area (Å²) in [6, 6.07) is 4.81. The van der Waals surface area contributed by atoms with Gasteiger partial charge in [-0.05, 0) is 32.9 Å². The number of ether oxygens (including phenoxy) is 3. The van der Waals surface area contributed by atoms with Crippen LogP contribution in [0, 0.1) is 17.1 Å². The monoisotopic (exact) mass is 391 g/mol. The van der Waals surface area contributed by atoms with Crippen molar-refractivity contribution in [3.8, 4) is 11.8 Å². The average Bonchev–Trinajstić information content (AvgIpc) is 2.65. The van der Waals surface area contributed by atoms with Crippen molar-refractivity contribution in [2.75, 3.05) is 39.9 Å². The average molecular weight is 391 g/mol. The number of amides is 1. The number of fused-ring (bicyclic) bond motifs is 1. The molecule has 0 spiro atoms. The second-order valence-electron chi connectivity index (χ2n) is 8.05. The molecule has 8 heteroatoms. The number of hydrogen-bond acceptors (Lipinski definition) is 6. The van der Waals surface area contributed by atoms with Crippen LogP contribution in [0.2, 0.25) is 0 Å². The number of hydrogen-bond donors (Lipinski definition) is 0. The van der Waals surface area contributed by atoms with Gasteiger partial charge in [0.15, 0.2) is 0 Å². The first-order valence-electron chi connectivity index (χ1n) is 9.33. The summed E-state index contributed by atoms with van der Waals surface area (Å²) in [4.78, 5) is 16.3. The summed E-state index contributed by atoms with van der Waals surface area (Å²) in [5.41, 5.74) is 0.0221. The smallest absolute Gasteiger partial charge is 0.410 e. The second-order valence-corrected chi connectivity index (χ2v) is 8.05. The first-order valence-corrected chi connectivity index (χ1v) is 9.33. The SMILES string of the molecule is COc1c([C@H]2CN3CCN(C(=O)OC(C)(C)C)C[C@H]3CO2)ccc(F)c1C#N. The van der Waals surface area contributed by atoms with Crippen LogP contribution in [0.5, 0.6) is 5.75 Å². The number of nitriles is 1. The minimum Gasteiger partial charge on any atom is -0.495 e. The number of rotatable bonds is 2. The Labute approximate surface area is 164 Å². The van der Waals surface area contributed by atoms with Gasteiger partial charge in [-0.3, -0.25) is 4.90 Å². The van der Waals surface area contributed by atoms with Gasteiger partial charge in [-0.2, -0.15) is 5.26 Å². The fraction of sp³-hybridized carbons (Fsp3) is 0.600. The van der Waals surface area contributed by atoms with Crippen LogP contribution in [-0.2, 0) is 9.47 Å². The Balaban J connectivity index is 1.69. The van der Waals surface area contributed by atoms with E-state index in [9.17, 15) is 14.4 Å². The van der Waals surface area contributed by atoms with E-state index in [-0.39, 0.29) is 29.6 Å². The molecule has 1 amide bonds. The van der Waals surface area contributed by atoms with E-state index in [1.54, 1.807) is 11.0 Å². The Morgan fingerprint density at radius 3 is 2.71 bits per heavy atom. The number of methoxy groups -OCH3 is 1. The predicted molar refractivity (Wildman–Crippen MR) is 99.5 cm³/mol. The first kappa shape index (κ1) is 20.4. The molecule has 0 radical (unpaired) electrons. The summed E-state index contributed by atoms with van der Waals surface area (Å²) in [5.74, 6) is -0.388. The standard InChI is InChI=1S/C20H26FN3O4/c1-20(2,3)28-19(25)24-8-7-23-11-17(27-12-13(23)10-24)14-5-6-16(21)15(9-22)18(14)26-4/h5-6,13,17H,7-8,10-12H2,1-4H3/t13-,17+/m0/s1. The Morgan fingerprint density at radius 1 is 1.32 bits per heavy atom. The molecule has 2 heterocycles. The lowest BCUT2D eigenvalue weighted by atomic mass is 10.0. The van der Waals surface area contributed by atoms with Crippen LogP contribution >= 0.6 is 0 Å². The van der Waals surface area contributed by atoms with Crippen molar-refractivity contribution in [3.05, 3.63) is 29.1 Å². The van der Waals surface area contributed by atoms with E-state index in [0.29, 0.717) is 38.3 Å². The Kier molecular flexibility index (Phi) is 5.77. The zero-order valence-corrected chi connectivity index (χ0v) is 16.7.